The number of para-hydroxylation sites is 1. The molecule has 6 nitrogen and oxygen atoms in total. The maximum absolute atomic E-state index is 11.8. The van der Waals surface area contributed by atoms with Gasteiger partial charge >= 0.3 is 12.0 Å². The minimum atomic E-state index is -1.07. The van der Waals surface area contributed by atoms with Gasteiger partial charge in [-0.05, 0) is 25.5 Å². The molecule has 1 aliphatic rings. The SMILES string of the molecule is CC1OCCC1CNC(=O)Nc1ccccc1C(=O)O. The number of anilines is 1. The monoisotopic (exact) mass is 278 g/mol. The van der Waals surface area contributed by atoms with Gasteiger partial charge in [-0.3, -0.25) is 0 Å². The van der Waals surface area contributed by atoms with Gasteiger partial charge in [0.1, 0.15) is 0 Å². The second kappa shape index (κ2) is 6.38. The lowest BCUT2D eigenvalue weighted by molar-refractivity contribution is 0.0698. The molecule has 0 spiro atoms. The fourth-order valence-electron chi connectivity index (χ4n) is 2.21. The summed E-state index contributed by atoms with van der Waals surface area (Å²) in [6.07, 6.45) is 1.06. The lowest BCUT2D eigenvalue weighted by atomic mass is 10.0. The largest absolute Gasteiger partial charge is 0.478 e. The second-order valence-electron chi connectivity index (χ2n) is 4.81. The molecule has 0 saturated carbocycles. The molecule has 2 unspecified atom stereocenters. The fraction of sp³-hybridized carbons (Fsp3) is 0.429. The van der Waals surface area contributed by atoms with Crippen molar-refractivity contribution in [1.29, 1.82) is 0 Å². The van der Waals surface area contributed by atoms with E-state index >= 15 is 0 Å². The molecular weight excluding hydrogens is 260 g/mol. The van der Waals surface area contributed by atoms with Gasteiger partial charge in [0.15, 0.2) is 0 Å². The number of benzene rings is 1. The van der Waals surface area contributed by atoms with Crippen LogP contribution in [-0.2, 0) is 4.74 Å². The van der Waals surface area contributed by atoms with Crippen molar-refractivity contribution in [2.75, 3.05) is 18.5 Å². The van der Waals surface area contributed by atoms with Crippen LogP contribution in [-0.4, -0.2) is 36.4 Å². The summed E-state index contributed by atoms with van der Waals surface area (Å²) in [5.74, 6) is -0.769. The first-order valence-electron chi connectivity index (χ1n) is 6.56. The zero-order chi connectivity index (χ0) is 14.5. The lowest BCUT2D eigenvalue weighted by Crippen LogP contribution is -2.35. The van der Waals surface area contributed by atoms with Crippen LogP contribution < -0.4 is 10.6 Å². The topological polar surface area (TPSA) is 87.7 Å². The molecule has 0 bridgehead atoms. The Hall–Kier alpha value is -2.08. The Balaban J connectivity index is 1.90. The van der Waals surface area contributed by atoms with Crippen LogP contribution in [0, 0.1) is 5.92 Å². The predicted molar refractivity (Wildman–Crippen MR) is 73.9 cm³/mol. The molecule has 2 atom stereocenters. The first-order chi connectivity index (χ1) is 9.58. The number of carboxylic acid groups (broad SMARTS) is 1. The highest BCUT2D eigenvalue weighted by atomic mass is 16.5. The van der Waals surface area contributed by atoms with Gasteiger partial charge in [0.2, 0.25) is 0 Å². The third kappa shape index (κ3) is 3.48. The zero-order valence-corrected chi connectivity index (χ0v) is 11.3. The Morgan fingerprint density at radius 1 is 1.40 bits per heavy atom. The Bertz CT molecular complexity index is 504. The predicted octanol–water partition coefficient (Wildman–Crippen LogP) is 1.93. The number of ether oxygens (including phenoxy) is 1. The Morgan fingerprint density at radius 3 is 2.80 bits per heavy atom. The quantitative estimate of drug-likeness (QED) is 0.785. The van der Waals surface area contributed by atoms with Crippen molar-refractivity contribution in [1.82, 2.24) is 5.32 Å². The van der Waals surface area contributed by atoms with Gasteiger partial charge in [0.05, 0.1) is 17.4 Å². The average molecular weight is 278 g/mol. The van der Waals surface area contributed by atoms with E-state index < -0.39 is 12.0 Å². The minimum Gasteiger partial charge on any atom is -0.478 e. The van der Waals surface area contributed by atoms with E-state index in [1.807, 2.05) is 6.92 Å². The van der Waals surface area contributed by atoms with Crippen molar-refractivity contribution < 1.29 is 19.4 Å². The standard InChI is InChI=1S/C14H18N2O4/c1-9-10(6-7-20-9)8-15-14(19)16-12-5-3-2-4-11(12)13(17)18/h2-5,9-10H,6-8H2,1H3,(H,17,18)(H2,15,16,19). The molecule has 3 N–H and O–H groups in total. The molecule has 1 saturated heterocycles. The van der Waals surface area contributed by atoms with Crippen molar-refractivity contribution in [3.8, 4) is 0 Å². The summed E-state index contributed by atoms with van der Waals surface area (Å²) >= 11 is 0. The first-order valence-corrected chi connectivity index (χ1v) is 6.56. The number of amides is 2. The molecule has 6 heteroatoms. The lowest BCUT2D eigenvalue weighted by Gasteiger charge is -2.15. The van der Waals surface area contributed by atoms with Crippen molar-refractivity contribution >= 4 is 17.7 Å². The zero-order valence-electron chi connectivity index (χ0n) is 11.3. The van der Waals surface area contributed by atoms with Crippen molar-refractivity contribution in [3.63, 3.8) is 0 Å². The smallest absolute Gasteiger partial charge is 0.337 e. The number of rotatable bonds is 4. The third-order valence-corrected chi connectivity index (χ3v) is 3.46. The summed E-state index contributed by atoms with van der Waals surface area (Å²) in [6.45, 7) is 3.22. The van der Waals surface area contributed by atoms with Crippen LogP contribution in [0.4, 0.5) is 10.5 Å². The molecule has 2 rings (SSSR count). The van der Waals surface area contributed by atoms with Gasteiger partial charge < -0.3 is 20.5 Å². The molecule has 20 heavy (non-hydrogen) atoms. The highest BCUT2D eigenvalue weighted by Crippen LogP contribution is 2.19. The Morgan fingerprint density at radius 2 is 2.15 bits per heavy atom. The normalized spacial score (nSPS) is 21.4. The van der Waals surface area contributed by atoms with E-state index in [0.29, 0.717) is 12.5 Å². The van der Waals surface area contributed by atoms with E-state index in [1.165, 1.54) is 6.07 Å². The van der Waals surface area contributed by atoms with Crippen LogP contribution in [0.15, 0.2) is 24.3 Å². The highest BCUT2D eigenvalue weighted by Gasteiger charge is 2.24. The van der Waals surface area contributed by atoms with E-state index in [9.17, 15) is 9.59 Å². The van der Waals surface area contributed by atoms with Gasteiger partial charge in [0.25, 0.3) is 0 Å². The van der Waals surface area contributed by atoms with Gasteiger partial charge in [-0.25, -0.2) is 9.59 Å². The van der Waals surface area contributed by atoms with E-state index in [-0.39, 0.29) is 17.4 Å². The van der Waals surface area contributed by atoms with Gasteiger partial charge in [0, 0.05) is 19.1 Å². The van der Waals surface area contributed by atoms with Crippen molar-refractivity contribution in [3.05, 3.63) is 29.8 Å². The molecule has 2 amide bonds. The number of hydrogen-bond donors (Lipinski definition) is 3. The van der Waals surface area contributed by atoms with Crippen molar-refractivity contribution in [2.24, 2.45) is 5.92 Å². The molecule has 0 radical (unpaired) electrons. The second-order valence-corrected chi connectivity index (χ2v) is 4.81. The van der Waals surface area contributed by atoms with Gasteiger partial charge in [-0.1, -0.05) is 12.1 Å². The van der Waals surface area contributed by atoms with Crippen LogP contribution in [0.25, 0.3) is 0 Å². The maximum Gasteiger partial charge on any atom is 0.337 e. The molecule has 1 fully saturated rings. The highest BCUT2D eigenvalue weighted by molar-refractivity contribution is 5.99. The Kier molecular flexibility index (Phi) is 4.57. The molecule has 1 heterocycles. The number of carboxylic acids is 1. The summed E-state index contributed by atoms with van der Waals surface area (Å²) in [7, 11) is 0. The number of nitrogens with one attached hydrogen (secondary N) is 2. The third-order valence-electron chi connectivity index (χ3n) is 3.46. The van der Waals surface area contributed by atoms with Crippen LogP contribution in [0.5, 0.6) is 0 Å². The number of urea groups is 1. The van der Waals surface area contributed by atoms with E-state index in [0.717, 1.165) is 13.0 Å². The molecule has 0 aliphatic carbocycles. The number of carbonyl (C=O) groups excluding carboxylic acids is 1. The summed E-state index contributed by atoms with van der Waals surface area (Å²) < 4.78 is 5.42. The number of aromatic carboxylic acids is 1. The number of carbonyl (C=O) groups is 2. The maximum atomic E-state index is 11.8. The molecule has 1 aromatic carbocycles. The summed E-state index contributed by atoms with van der Waals surface area (Å²) in [4.78, 5) is 22.8. The van der Waals surface area contributed by atoms with E-state index in [4.69, 9.17) is 9.84 Å². The van der Waals surface area contributed by atoms with Gasteiger partial charge in [-0.2, -0.15) is 0 Å². The average Bonchev–Trinajstić information content (AvgIpc) is 2.82. The van der Waals surface area contributed by atoms with Crippen molar-refractivity contribution in [2.45, 2.75) is 19.4 Å². The summed E-state index contributed by atoms with van der Waals surface area (Å²) in [6, 6.07) is 5.89. The van der Waals surface area contributed by atoms with Crippen LogP contribution in [0.1, 0.15) is 23.7 Å². The molecule has 1 aliphatic heterocycles. The summed E-state index contributed by atoms with van der Waals surface area (Å²) in [5, 5.41) is 14.3. The first kappa shape index (κ1) is 14.3. The minimum absolute atomic E-state index is 0.0696. The van der Waals surface area contributed by atoms with Crippen LogP contribution in [0.2, 0.25) is 0 Å². The summed E-state index contributed by atoms with van der Waals surface area (Å²) in [5.41, 5.74) is 0.355. The molecule has 0 aromatic heterocycles. The number of hydrogen-bond acceptors (Lipinski definition) is 3. The Labute approximate surface area is 117 Å². The van der Waals surface area contributed by atoms with Crippen LogP contribution >= 0.6 is 0 Å². The van der Waals surface area contributed by atoms with Gasteiger partial charge in [-0.15, -0.1) is 0 Å². The fourth-order valence-corrected chi connectivity index (χ4v) is 2.21. The van der Waals surface area contributed by atoms with E-state index in [2.05, 4.69) is 10.6 Å². The van der Waals surface area contributed by atoms with E-state index in [1.54, 1.807) is 18.2 Å². The molecule has 1 aromatic rings. The van der Waals surface area contributed by atoms with Crippen LogP contribution in [0.3, 0.4) is 0 Å². The molecular formula is C14H18N2O4. The molecule has 108 valence electrons.